The fourth-order valence-corrected chi connectivity index (χ4v) is 12.3. The molecule has 0 N–H and O–H groups in total. The third kappa shape index (κ3) is 12.9. The number of fused-ring (bicyclic) bond motifs is 4. The molecule has 0 saturated carbocycles. The van der Waals surface area contributed by atoms with Crippen LogP contribution in [-0.2, 0) is 19.3 Å². The quantitative estimate of drug-likeness (QED) is 0.0320. The molecule has 4 aliphatic heterocycles. The first-order valence-electron chi connectivity index (χ1n) is 30.6. The van der Waals surface area contributed by atoms with E-state index in [1.807, 2.05) is 48.5 Å². The number of carbonyl (C=O) groups is 8. The first kappa shape index (κ1) is 58.1. The highest BCUT2D eigenvalue weighted by molar-refractivity contribution is 6.35. The Balaban J connectivity index is 0.696. The van der Waals surface area contributed by atoms with Crippen LogP contribution in [0.1, 0.15) is 259 Å². The van der Waals surface area contributed by atoms with Gasteiger partial charge in [-0.1, -0.05) is 178 Å². The number of carbonyl (C=O) groups excluding carboxylic acids is 8. The van der Waals surface area contributed by atoms with Crippen molar-refractivity contribution in [2.75, 3.05) is 22.9 Å². The lowest BCUT2D eigenvalue weighted by Gasteiger charge is -2.15. The summed E-state index contributed by atoms with van der Waals surface area (Å²) in [6.07, 6.45) is 24.8. The summed E-state index contributed by atoms with van der Waals surface area (Å²) < 4.78 is 0. The summed E-state index contributed by atoms with van der Waals surface area (Å²) in [4.78, 5) is 114. The van der Waals surface area contributed by atoms with Crippen molar-refractivity contribution >= 4 is 58.6 Å². The van der Waals surface area contributed by atoms with Crippen molar-refractivity contribution in [1.29, 1.82) is 0 Å². The lowest BCUT2D eigenvalue weighted by molar-refractivity contribution is 0.0636. The molecule has 6 aromatic carbocycles. The number of rotatable bonds is 30. The number of imide groups is 4. The average molecular weight is 1110 g/mol. The summed E-state index contributed by atoms with van der Waals surface area (Å²) >= 11 is 0. The van der Waals surface area contributed by atoms with Crippen molar-refractivity contribution in [3.63, 3.8) is 0 Å². The van der Waals surface area contributed by atoms with E-state index in [-0.39, 0.29) is 23.6 Å². The maximum Gasteiger partial charge on any atom is 0.266 e. The largest absolute Gasteiger partial charge is 0.274 e. The second-order valence-corrected chi connectivity index (χ2v) is 23.2. The normalized spacial score (nSPS) is 14.5. The van der Waals surface area contributed by atoms with E-state index < -0.39 is 23.6 Å². The van der Waals surface area contributed by atoms with Gasteiger partial charge in [0.15, 0.2) is 0 Å². The fourth-order valence-electron chi connectivity index (χ4n) is 12.3. The Hall–Kier alpha value is -8.12. The van der Waals surface area contributed by atoms with Crippen LogP contribution in [0, 0.1) is 0 Å². The number of hydrogen-bond acceptors (Lipinski definition) is 8. The highest BCUT2D eigenvalue weighted by Gasteiger charge is 2.40. The number of unbranched alkanes of at least 4 members (excludes halogenated alkanes) is 18. The molecule has 0 spiro atoms. The van der Waals surface area contributed by atoms with Gasteiger partial charge in [0.25, 0.3) is 47.3 Å². The summed E-state index contributed by atoms with van der Waals surface area (Å²) in [5, 5.41) is 0. The van der Waals surface area contributed by atoms with Crippen molar-refractivity contribution < 1.29 is 38.4 Å². The van der Waals surface area contributed by atoms with E-state index >= 15 is 0 Å². The van der Waals surface area contributed by atoms with E-state index in [4.69, 9.17) is 0 Å². The molecule has 0 fully saturated rings. The fraction of sp³-hybridized carbons (Fsp3) is 0.380. The van der Waals surface area contributed by atoms with Gasteiger partial charge in [0.2, 0.25) is 0 Å². The van der Waals surface area contributed by atoms with Gasteiger partial charge in [-0.05, 0) is 138 Å². The Labute approximate surface area is 488 Å². The van der Waals surface area contributed by atoms with E-state index in [9.17, 15) is 38.4 Å². The lowest BCUT2D eigenvalue weighted by atomic mass is 9.98. The maximum atomic E-state index is 13.9. The Morgan fingerprint density at radius 3 is 0.783 bits per heavy atom. The number of anilines is 2. The smallest absolute Gasteiger partial charge is 0.266 e. The van der Waals surface area contributed by atoms with Gasteiger partial charge in [-0.15, -0.1) is 0 Å². The predicted molar refractivity (Wildman–Crippen MR) is 324 cm³/mol. The molecule has 0 radical (unpaired) electrons. The second kappa shape index (κ2) is 26.9. The monoisotopic (exact) mass is 1110 g/mol. The molecule has 428 valence electrons. The third-order valence-electron chi connectivity index (χ3n) is 17.1. The summed E-state index contributed by atoms with van der Waals surface area (Å²) in [5.74, 6) is -2.69. The van der Waals surface area contributed by atoms with Crippen LogP contribution in [0.3, 0.4) is 0 Å². The first-order chi connectivity index (χ1) is 40.4. The number of hydrogen-bond donors (Lipinski definition) is 0. The Kier molecular flexibility index (Phi) is 18.8. The van der Waals surface area contributed by atoms with Crippen molar-refractivity contribution in [3.05, 3.63) is 199 Å². The van der Waals surface area contributed by atoms with Crippen LogP contribution in [-0.4, -0.2) is 70.1 Å². The van der Waals surface area contributed by atoms with Gasteiger partial charge in [-0.3, -0.25) is 48.2 Å². The molecule has 0 unspecified atom stereocenters. The molecule has 4 aliphatic rings. The summed E-state index contributed by atoms with van der Waals surface area (Å²) in [6.45, 7) is 5.28. The number of benzene rings is 6. The summed E-state index contributed by atoms with van der Waals surface area (Å²) in [7, 11) is 0. The van der Waals surface area contributed by atoms with Gasteiger partial charge in [-0.25, -0.2) is 9.80 Å². The Morgan fingerprint density at radius 1 is 0.241 bits per heavy atom. The highest BCUT2D eigenvalue weighted by atomic mass is 16.2. The van der Waals surface area contributed by atoms with Gasteiger partial charge in [0.05, 0.1) is 55.9 Å². The zero-order chi connectivity index (χ0) is 58.0. The molecule has 12 heteroatoms. The van der Waals surface area contributed by atoms with E-state index in [1.54, 1.807) is 72.8 Å². The van der Waals surface area contributed by atoms with Crippen LogP contribution in [0.2, 0.25) is 0 Å². The van der Waals surface area contributed by atoms with E-state index in [1.165, 1.54) is 109 Å². The zero-order valence-corrected chi connectivity index (χ0v) is 48.3. The van der Waals surface area contributed by atoms with E-state index in [0.717, 1.165) is 71.9 Å². The summed E-state index contributed by atoms with van der Waals surface area (Å²) in [5.41, 5.74) is 8.86. The molecule has 8 amide bonds. The van der Waals surface area contributed by atoms with Crippen molar-refractivity contribution in [1.82, 2.24) is 9.80 Å². The second-order valence-electron chi connectivity index (χ2n) is 23.2. The third-order valence-corrected chi connectivity index (χ3v) is 17.1. The standard InChI is InChI=1S/C71H76N4O8/c1-3-5-7-9-11-13-15-17-19-21-39-72-64(76)56-35-27-50(44-60(56)66(72)78)42-52-29-37-58-62(46-52)70(82)74(68(58)80)54-31-23-48(24-32-54)41-49-25-33-55(34-26-49)75-69(81)59-38-30-53(47-63(59)71(75)83)43-51-28-36-57-61(45-51)67(79)73(65(57)77)40-22-20-18-16-14-12-10-8-6-4-2/h23-38,44-47H,3-22,39-43H2,1-2H3. The molecular weight excluding hydrogens is 1040 g/mol. The minimum absolute atomic E-state index is 0.248. The van der Waals surface area contributed by atoms with E-state index in [0.29, 0.717) is 88.2 Å². The van der Waals surface area contributed by atoms with Gasteiger partial charge in [0.1, 0.15) is 0 Å². The van der Waals surface area contributed by atoms with Crippen LogP contribution in [0.4, 0.5) is 11.4 Å². The molecule has 12 nitrogen and oxygen atoms in total. The number of amides is 8. The SMILES string of the molecule is CCCCCCCCCCCCN1C(=O)c2ccc(Cc3ccc4c(c3)C(=O)N(c3ccc(Cc5ccc(N6C(=O)c7ccc(Cc8ccc9c(c8)C(=O)N(CCCCCCCCCCCC)C9=O)cc7C6=O)cc5)cc3)C4=O)cc2C1=O. The lowest BCUT2D eigenvalue weighted by Crippen LogP contribution is -2.30. The van der Waals surface area contributed by atoms with E-state index in [2.05, 4.69) is 13.8 Å². The van der Waals surface area contributed by atoms with Crippen LogP contribution < -0.4 is 9.80 Å². The van der Waals surface area contributed by atoms with Gasteiger partial charge >= 0.3 is 0 Å². The van der Waals surface area contributed by atoms with Crippen molar-refractivity contribution in [3.8, 4) is 0 Å². The van der Waals surface area contributed by atoms with Gasteiger partial charge in [-0.2, -0.15) is 0 Å². The van der Waals surface area contributed by atoms with Crippen molar-refractivity contribution in [2.45, 2.75) is 162 Å². The molecule has 0 saturated heterocycles. The molecule has 0 bridgehead atoms. The van der Waals surface area contributed by atoms with Crippen molar-refractivity contribution in [2.24, 2.45) is 0 Å². The molecule has 4 heterocycles. The molecule has 10 rings (SSSR count). The molecule has 6 aromatic rings. The molecule has 83 heavy (non-hydrogen) atoms. The molecule has 0 aliphatic carbocycles. The number of nitrogens with zero attached hydrogens (tertiary/aromatic N) is 4. The summed E-state index contributed by atoms with van der Waals surface area (Å²) in [6, 6.07) is 35.7. The average Bonchev–Trinajstić information content (AvgIpc) is 3.48. The van der Waals surface area contributed by atoms with Gasteiger partial charge in [0, 0.05) is 13.1 Å². The zero-order valence-electron chi connectivity index (χ0n) is 48.3. The molecular formula is C71H76N4O8. The van der Waals surface area contributed by atoms with Crippen LogP contribution in [0.25, 0.3) is 0 Å². The Bertz CT molecular complexity index is 3230. The first-order valence-corrected chi connectivity index (χ1v) is 30.6. The minimum Gasteiger partial charge on any atom is -0.274 e. The molecule has 0 atom stereocenters. The Morgan fingerprint density at radius 2 is 0.470 bits per heavy atom. The topological polar surface area (TPSA) is 150 Å². The molecule has 0 aromatic heterocycles. The van der Waals surface area contributed by atoms with Crippen LogP contribution >= 0.6 is 0 Å². The van der Waals surface area contributed by atoms with Crippen LogP contribution in [0.5, 0.6) is 0 Å². The predicted octanol–water partition coefficient (Wildman–Crippen LogP) is 15.1. The van der Waals surface area contributed by atoms with Gasteiger partial charge < -0.3 is 0 Å². The minimum atomic E-state index is -0.423. The highest BCUT2D eigenvalue weighted by Crippen LogP contribution is 2.34. The van der Waals surface area contributed by atoms with Crippen LogP contribution in [0.15, 0.2) is 121 Å². The maximum absolute atomic E-state index is 13.9.